The van der Waals surface area contributed by atoms with Crippen LogP contribution in [0.2, 0.25) is 0 Å². The molecule has 0 saturated carbocycles. The fourth-order valence-corrected chi connectivity index (χ4v) is 5.83. The quantitative estimate of drug-likeness (QED) is 0.661. The zero-order valence-corrected chi connectivity index (χ0v) is 19.6. The van der Waals surface area contributed by atoms with E-state index in [0.717, 1.165) is 41.0 Å². The van der Waals surface area contributed by atoms with Gasteiger partial charge < -0.3 is 5.32 Å². The molecular weight excluding hydrogens is 474 g/mol. The molecule has 0 aromatic heterocycles. The van der Waals surface area contributed by atoms with Crippen LogP contribution in [0.15, 0.2) is 51.8 Å². The van der Waals surface area contributed by atoms with Gasteiger partial charge in [-0.2, -0.15) is 11.8 Å². The number of sulfonamides is 1. The van der Waals surface area contributed by atoms with E-state index in [0.29, 0.717) is 10.2 Å². The van der Waals surface area contributed by atoms with Gasteiger partial charge in [0, 0.05) is 61.0 Å². The van der Waals surface area contributed by atoms with Gasteiger partial charge in [-0.3, -0.25) is 9.69 Å². The summed E-state index contributed by atoms with van der Waals surface area (Å²) in [6.45, 7) is 3.00. The van der Waals surface area contributed by atoms with Gasteiger partial charge in [0.2, 0.25) is 10.0 Å². The molecule has 0 aliphatic carbocycles. The van der Waals surface area contributed by atoms with Crippen LogP contribution in [0.1, 0.15) is 15.9 Å². The van der Waals surface area contributed by atoms with Gasteiger partial charge in [0.05, 0.1) is 4.90 Å². The third-order valence-corrected chi connectivity index (χ3v) is 8.40. The number of carbonyl (C=O) groups is 1. The van der Waals surface area contributed by atoms with Crippen molar-refractivity contribution < 1.29 is 13.2 Å². The van der Waals surface area contributed by atoms with Gasteiger partial charge in [-0.1, -0.05) is 12.1 Å². The number of anilines is 1. The molecule has 2 aromatic rings. The largest absolute Gasteiger partial charge is 0.322 e. The summed E-state index contributed by atoms with van der Waals surface area (Å²) in [4.78, 5) is 15.2. The SMILES string of the molecule is CN(C)S(=O)(=O)c1cc(C(=O)Nc2cccc(CN3CCSCC3)c2)ccc1Br. The second kappa shape index (κ2) is 9.61. The first-order valence-electron chi connectivity index (χ1n) is 9.20. The minimum Gasteiger partial charge on any atom is -0.322 e. The van der Waals surface area contributed by atoms with Crippen LogP contribution in [0.3, 0.4) is 0 Å². The normalized spacial score (nSPS) is 15.4. The molecule has 0 atom stereocenters. The molecule has 29 heavy (non-hydrogen) atoms. The first kappa shape index (κ1) is 22.3. The summed E-state index contributed by atoms with van der Waals surface area (Å²) in [6, 6.07) is 12.4. The molecule has 1 aliphatic rings. The van der Waals surface area contributed by atoms with Gasteiger partial charge in [-0.05, 0) is 51.8 Å². The summed E-state index contributed by atoms with van der Waals surface area (Å²) in [5.41, 5.74) is 2.12. The second-order valence-electron chi connectivity index (χ2n) is 6.98. The standard InChI is InChI=1S/C20H24BrN3O3S2/c1-23(2)29(26,27)19-13-16(6-7-18(19)21)20(25)22-17-5-3-4-15(12-17)14-24-8-10-28-11-9-24/h3-7,12-13H,8-11,14H2,1-2H3,(H,22,25). The monoisotopic (exact) mass is 497 g/mol. The topological polar surface area (TPSA) is 69.7 Å². The number of nitrogens with zero attached hydrogens (tertiary/aromatic N) is 2. The summed E-state index contributed by atoms with van der Waals surface area (Å²) in [7, 11) is -0.742. The lowest BCUT2D eigenvalue weighted by atomic mass is 10.1. The van der Waals surface area contributed by atoms with Crippen molar-refractivity contribution >= 4 is 49.3 Å². The van der Waals surface area contributed by atoms with Gasteiger partial charge in [0.15, 0.2) is 0 Å². The maximum Gasteiger partial charge on any atom is 0.255 e. The lowest BCUT2D eigenvalue weighted by molar-refractivity contribution is 0.102. The molecule has 3 rings (SSSR count). The average molecular weight is 498 g/mol. The number of amides is 1. The Morgan fingerprint density at radius 3 is 2.59 bits per heavy atom. The summed E-state index contributed by atoms with van der Waals surface area (Å²) in [5, 5.41) is 2.88. The van der Waals surface area contributed by atoms with Crippen LogP contribution < -0.4 is 5.32 Å². The van der Waals surface area contributed by atoms with Gasteiger partial charge >= 0.3 is 0 Å². The summed E-state index contributed by atoms with van der Waals surface area (Å²) in [6.07, 6.45) is 0. The first-order valence-corrected chi connectivity index (χ1v) is 12.6. The Kier molecular flexibility index (Phi) is 7.39. The molecule has 1 amide bonds. The van der Waals surface area contributed by atoms with Crippen molar-refractivity contribution in [2.45, 2.75) is 11.4 Å². The van der Waals surface area contributed by atoms with Gasteiger partial charge in [-0.15, -0.1) is 0 Å². The van der Waals surface area contributed by atoms with Crippen LogP contribution in [0.25, 0.3) is 0 Å². The number of hydrogen-bond donors (Lipinski definition) is 1. The third-order valence-electron chi connectivity index (χ3n) is 4.65. The Bertz CT molecular complexity index is 990. The molecule has 0 spiro atoms. The Hall–Kier alpha value is -1.39. The van der Waals surface area contributed by atoms with Gasteiger partial charge in [-0.25, -0.2) is 12.7 Å². The van der Waals surface area contributed by atoms with Crippen LogP contribution in [0.5, 0.6) is 0 Å². The molecule has 1 saturated heterocycles. The predicted molar refractivity (Wildman–Crippen MR) is 122 cm³/mol. The summed E-state index contributed by atoms with van der Waals surface area (Å²) < 4.78 is 26.5. The fraction of sp³-hybridized carbons (Fsp3) is 0.350. The third kappa shape index (κ3) is 5.61. The van der Waals surface area contributed by atoms with E-state index >= 15 is 0 Å². The number of hydrogen-bond acceptors (Lipinski definition) is 5. The molecule has 0 radical (unpaired) electrons. The molecule has 1 fully saturated rings. The molecule has 1 heterocycles. The number of carbonyl (C=O) groups excluding carboxylic acids is 1. The molecule has 2 aromatic carbocycles. The van der Waals surface area contributed by atoms with Crippen LogP contribution in [0.4, 0.5) is 5.69 Å². The minimum atomic E-state index is -3.66. The maximum atomic E-state index is 12.7. The number of rotatable bonds is 6. The Balaban J connectivity index is 1.76. The lowest BCUT2D eigenvalue weighted by Gasteiger charge is -2.26. The van der Waals surface area contributed by atoms with Crippen molar-refractivity contribution in [1.29, 1.82) is 0 Å². The Morgan fingerprint density at radius 1 is 1.17 bits per heavy atom. The highest BCUT2D eigenvalue weighted by Gasteiger charge is 2.22. The predicted octanol–water partition coefficient (Wildman–Crippen LogP) is 3.50. The van der Waals surface area contributed by atoms with Crippen molar-refractivity contribution in [3.63, 3.8) is 0 Å². The summed E-state index contributed by atoms with van der Waals surface area (Å²) >= 11 is 5.24. The average Bonchev–Trinajstić information content (AvgIpc) is 2.69. The van der Waals surface area contributed by atoms with E-state index in [1.165, 1.54) is 20.2 Å². The van der Waals surface area contributed by atoms with E-state index in [1.54, 1.807) is 12.1 Å². The second-order valence-corrected chi connectivity index (χ2v) is 11.2. The van der Waals surface area contributed by atoms with Crippen molar-refractivity contribution in [3.8, 4) is 0 Å². The molecule has 156 valence electrons. The van der Waals surface area contributed by atoms with E-state index in [-0.39, 0.29) is 16.4 Å². The van der Waals surface area contributed by atoms with E-state index in [2.05, 4.69) is 32.2 Å². The molecule has 0 unspecified atom stereocenters. The molecular formula is C20H24BrN3O3S2. The van der Waals surface area contributed by atoms with Crippen LogP contribution in [0, 0.1) is 0 Å². The summed E-state index contributed by atoms with van der Waals surface area (Å²) in [5.74, 6) is 1.95. The molecule has 1 N–H and O–H groups in total. The van der Waals surface area contributed by atoms with Crippen molar-refractivity contribution in [2.24, 2.45) is 0 Å². The number of halogens is 1. The highest BCUT2D eigenvalue weighted by atomic mass is 79.9. The maximum absolute atomic E-state index is 12.7. The molecule has 0 bridgehead atoms. The van der Waals surface area contributed by atoms with E-state index < -0.39 is 10.0 Å². The molecule has 6 nitrogen and oxygen atoms in total. The zero-order chi connectivity index (χ0) is 21.0. The smallest absolute Gasteiger partial charge is 0.255 e. The zero-order valence-electron chi connectivity index (χ0n) is 16.4. The number of thioether (sulfide) groups is 1. The van der Waals surface area contributed by atoms with Crippen molar-refractivity contribution in [1.82, 2.24) is 9.21 Å². The highest BCUT2D eigenvalue weighted by Crippen LogP contribution is 2.26. The van der Waals surface area contributed by atoms with E-state index in [9.17, 15) is 13.2 Å². The number of benzene rings is 2. The van der Waals surface area contributed by atoms with Crippen molar-refractivity contribution in [2.75, 3.05) is 44.0 Å². The van der Waals surface area contributed by atoms with Crippen molar-refractivity contribution in [3.05, 3.63) is 58.1 Å². The highest BCUT2D eigenvalue weighted by molar-refractivity contribution is 9.10. The molecule has 9 heteroatoms. The van der Waals surface area contributed by atoms with E-state index in [4.69, 9.17) is 0 Å². The fourth-order valence-electron chi connectivity index (χ4n) is 3.01. The molecule has 1 aliphatic heterocycles. The van der Waals surface area contributed by atoms with Crippen LogP contribution in [-0.2, 0) is 16.6 Å². The number of nitrogens with one attached hydrogen (secondary N) is 1. The van der Waals surface area contributed by atoms with Gasteiger partial charge in [0.25, 0.3) is 5.91 Å². The van der Waals surface area contributed by atoms with Gasteiger partial charge in [0.1, 0.15) is 0 Å². The lowest BCUT2D eigenvalue weighted by Crippen LogP contribution is -2.31. The first-order chi connectivity index (χ1) is 13.8. The Labute approximate surface area is 184 Å². The Morgan fingerprint density at radius 2 is 1.90 bits per heavy atom. The van der Waals surface area contributed by atoms with Crippen LogP contribution >= 0.6 is 27.7 Å². The minimum absolute atomic E-state index is 0.0619. The van der Waals surface area contributed by atoms with Crippen LogP contribution in [-0.4, -0.2) is 62.2 Å². The van der Waals surface area contributed by atoms with E-state index in [1.807, 2.05) is 30.0 Å².